The van der Waals surface area contributed by atoms with Gasteiger partial charge in [-0.25, -0.2) is 4.39 Å². The third kappa shape index (κ3) is 3.67. The molecule has 1 amide bonds. The number of carbonyl (C=O) groups is 1. The summed E-state index contributed by atoms with van der Waals surface area (Å²) in [5, 5.41) is 2.69. The van der Waals surface area contributed by atoms with Crippen molar-refractivity contribution in [2.24, 2.45) is 5.73 Å². The number of benzene rings is 2. The molecule has 0 aliphatic carbocycles. The van der Waals surface area contributed by atoms with Crippen LogP contribution in [0.15, 0.2) is 48.5 Å². The van der Waals surface area contributed by atoms with Crippen LogP contribution < -0.4 is 11.1 Å². The quantitative estimate of drug-likeness (QED) is 0.822. The van der Waals surface area contributed by atoms with Crippen molar-refractivity contribution in [3.05, 3.63) is 65.5 Å². The Balaban J connectivity index is 2.08. The minimum Gasteiger partial charge on any atom is -0.322 e. The zero-order valence-corrected chi connectivity index (χ0v) is 10.7. The van der Waals surface area contributed by atoms with Crippen molar-refractivity contribution < 1.29 is 9.18 Å². The predicted octanol–water partition coefficient (Wildman–Crippen LogP) is 2.39. The fourth-order valence-corrected chi connectivity index (χ4v) is 1.62. The standard InChI is InChI=1S/C16H13FN2O/c17-14-5-1-4-13(11-14)16(20)19-15-8-6-12(7-9-15)3-2-10-18/h1,4-9,11H,10,18H2,(H,19,20). The highest BCUT2D eigenvalue weighted by Crippen LogP contribution is 2.11. The van der Waals surface area contributed by atoms with Crippen molar-refractivity contribution in [3.63, 3.8) is 0 Å². The molecule has 2 aromatic carbocycles. The molecule has 100 valence electrons. The van der Waals surface area contributed by atoms with Gasteiger partial charge in [-0.3, -0.25) is 4.79 Å². The Morgan fingerprint density at radius 1 is 1.20 bits per heavy atom. The van der Waals surface area contributed by atoms with Gasteiger partial charge in [0.2, 0.25) is 0 Å². The van der Waals surface area contributed by atoms with E-state index in [1.165, 1.54) is 18.2 Å². The summed E-state index contributed by atoms with van der Waals surface area (Å²) < 4.78 is 13.0. The Morgan fingerprint density at radius 2 is 1.95 bits per heavy atom. The highest BCUT2D eigenvalue weighted by Gasteiger charge is 2.06. The summed E-state index contributed by atoms with van der Waals surface area (Å²) >= 11 is 0. The van der Waals surface area contributed by atoms with Crippen LogP contribution in [0, 0.1) is 17.7 Å². The Bertz CT molecular complexity index is 669. The van der Waals surface area contributed by atoms with Crippen molar-refractivity contribution in [3.8, 4) is 11.8 Å². The van der Waals surface area contributed by atoms with Crippen LogP contribution in [0.2, 0.25) is 0 Å². The van der Waals surface area contributed by atoms with Gasteiger partial charge in [-0.05, 0) is 42.5 Å². The van der Waals surface area contributed by atoms with Crippen LogP contribution in [0.4, 0.5) is 10.1 Å². The summed E-state index contributed by atoms with van der Waals surface area (Å²) in [4.78, 5) is 11.9. The maximum atomic E-state index is 13.0. The molecule has 0 radical (unpaired) electrons. The Labute approximate surface area is 116 Å². The highest BCUT2D eigenvalue weighted by atomic mass is 19.1. The van der Waals surface area contributed by atoms with Crippen molar-refractivity contribution in [1.82, 2.24) is 0 Å². The van der Waals surface area contributed by atoms with Crippen molar-refractivity contribution >= 4 is 11.6 Å². The molecule has 0 saturated heterocycles. The topological polar surface area (TPSA) is 55.1 Å². The van der Waals surface area contributed by atoms with Crippen LogP contribution in [0.3, 0.4) is 0 Å². The fourth-order valence-electron chi connectivity index (χ4n) is 1.62. The molecule has 0 aliphatic rings. The monoisotopic (exact) mass is 268 g/mol. The fraction of sp³-hybridized carbons (Fsp3) is 0.0625. The van der Waals surface area contributed by atoms with E-state index < -0.39 is 5.82 Å². The van der Waals surface area contributed by atoms with Gasteiger partial charge in [0, 0.05) is 16.8 Å². The number of nitrogens with two attached hydrogens (primary N) is 1. The summed E-state index contributed by atoms with van der Waals surface area (Å²) in [7, 11) is 0. The van der Waals surface area contributed by atoms with Gasteiger partial charge in [-0.2, -0.15) is 0 Å². The first-order chi connectivity index (χ1) is 9.69. The molecule has 0 aliphatic heterocycles. The SMILES string of the molecule is NCC#Cc1ccc(NC(=O)c2cccc(F)c2)cc1. The van der Waals surface area contributed by atoms with Gasteiger partial charge < -0.3 is 11.1 Å². The smallest absolute Gasteiger partial charge is 0.255 e. The Morgan fingerprint density at radius 3 is 2.60 bits per heavy atom. The lowest BCUT2D eigenvalue weighted by Crippen LogP contribution is -2.11. The van der Waals surface area contributed by atoms with E-state index in [9.17, 15) is 9.18 Å². The van der Waals surface area contributed by atoms with Gasteiger partial charge in [0.25, 0.3) is 5.91 Å². The van der Waals surface area contributed by atoms with E-state index >= 15 is 0 Å². The van der Waals surface area contributed by atoms with Gasteiger partial charge in [-0.15, -0.1) is 0 Å². The number of anilines is 1. The van der Waals surface area contributed by atoms with Gasteiger partial charge >= 0.3 is 0 Å². The number of halogens is 1. The number of hydrogen-bond donors (Lipinski definition) is 2. The van der Waals surface area contributed by atoms with Gasteiger partial charge in [0.05, 0.1) is 6.54 Å². The molecular formula is C16H13FN2O. The summed E-state index contributed by atoms with van der Waals surface area (Å²) in [5.41, 5.74) is 7.00. The van der Waals surface area contributed by atoms with Crippen LogP contribution in [0.5, 0.6) is 0 Å². The molecule has 0 spiro atoms. The van der Waals surface area contributed by atoms with Crippen LogP contribution in [0.25, 0.3) is 0 Å². The Hall–Kier alpha value is -2.64. The van der Waals surface area contributed by atoms with Crippen LogP contribution >= 0.6 is 0 Å². The lowest BCUT2D eigenvalue weighted by atomic mass is 10.2. The second kappa shape index (κ2) is 6.50. The molecule has 4 heteroatoms. The number of nitrogens with one attached hydrogen (secondary N) is 1. The molecule has 3 nitrogen and oxygen atoms in total. The lowest BCUT2D eigenvalue weighted by Gasteiger charge is -2.05. The maximum Gasteiger partial charge on any atom is 0.255 e. The average Bonchev–Trinajstić information content (AvgIpc) is 2.46. The molecule has 3 N–H and O–H groups in total. The second-order valence-corrected chi connectivity index (χ2v) is 4.05. The number of rotatable bonds is 2. The van der Waals surface area contributed by atoms with Crippen molar-refractivity contribution in [2.75, 3.05) is 11.9 Å². The van der Waals surface area contributed by atoms with E-state index in [0.717, 1.165) is 5.56 Å². The molecule has 0 heterocycles. The highest BCUT2D eigenvalue weighted by molar-refractivity contribution is 6.04. The van der Waals surface area contributed by atoms with Crippen molar-refractivity contribution in [1.29, 1.82) is 0 Å². The molecule has 2 aromatic rings. The molecule has 0 fully saturated rings. The van der Waals surface area contributed by atoms with Crippen LogP contribution in [-0.2, 0) is 0 Å². The maximum absolute atomic E-state index is 13.0. The summed E-state index contributed by atoms with van der Waals surface area (Å²) in [5.74, 6) is 4.84. The lowest BCUT2D eigenvalue weighted by molar-refractivity contribution is 0.102. The summed E-state index contributed by atoms with van der Waals surface area (Å²) in [6, 6.07) is 12.6. The second-order valence-electron chi connectivity index (χ2n) is 4.05. The molecule has 0 bridgehead atoms. The molecule has 0 saturated carbocycles. The van der Waals surface area contributed by atoms with E-state index in [2.05, 4.69) is 17.2 Å². The number of amides is 1. The van der Waals surface area contributed by atoms with E-state index in [-0.39, 0.29) is 11.5 Å². The van der Waals surface area contributed by atoms with E-state index in [4.69, 9.17) is 5.73 Å². The van der Waals surface area contributed by atoms with Gasteiger partial charge in [0.15, 0.2) is 0 Å². The van der Waals surface area contributed by atoms with Gasteiger partial charge in [-0.1, -0.05) is 17.9 Å². The predicted molar refractivity (Wildman–Crippen MR) is 76.7 cm³/mol. The van der Waals surface area contributed by atoms with Crippen LogP contribution in [-0.4, -0.2) is 12.5 Å². The minimum atomic E-state index is -0.440. The first-order valence-corrected chi connectivity index (χ1v) is 6.05. The normalized spacial score (nSPS) is 9.50. The molecule has 0 unspecified atom stereocenters. The first kappa shape index (κ1) is 13.8. The largest absolute Gasteiger partial charge is 0.322 e. The summed E-state index contributed by atoms with van der Waals surface area (Å²) in [6.07, 6.45) is 0. The van der Waals surface area contributed by atoms with Gasteiger partial charge in [0.1, 0.15) is 5.82 Å². The zero-order chi connectivity index (χ0) is 14.4. The van der Waals surface area contributed by atoms with E-state index in [1.807, 2.05) is 0 Å². The number of hydrogen-bond acceptors (Lipinski definition) is 2. The summed E-state index contributed by atoms with van der Waals surface area (Å²) in [6.45, 7) is 0.304. The number of carbonyl (C=O) groups excluding carboxylic acids is 1. The van der Waals surface area contributed by atoms with E-state index in [0.29, 0.717) is 12.2 Å². The van der Waals surface area contributed by atoms with E-state index in [1.54, 1.807) is 30.3 Å². The van der Waals surface area contributed by atoms with Crippen molar-refractivity contribution in [2.45, 2.75) is 0 Å². The first-order valence-electron chi connectivity index (χ1n) is 6.05. The average molecular weight is 268 g/mol. The zero-order valence-electron chi connectivity index (χ0n) is 10.7. The molecule has 2 rings (SSSR count). The molecular weight excluding hydrogens is 255 g/mol. The van der Waals surface area contributed by atoms with Crippen LogP contribution in [0.1, 0.15) is 15.9 Å². The molecule has 0 aromatic heterocycles. The minimum absolute atomic E-state index is 0.275. The third-order valence-electron chi connectivity index (χ3n) is 2.56. The molecule has 0 atom stereocenters. The molecule has 20 heavy (non-hydrogen) atoms. The Kier molecular flexibility index (Phi) is 4.48. The third-order valence-corrected chi connectivity index (χ3v) is 2.56.